The molecule has 5 aromatic rings. The van der Waals surface area contributed by atoms with Gasteiger partial charge in [-0.25, -0.2) is 4.79 Å². The molecule has 0 atom stereocenters. The van der Waals surface area contributed by atoms with E-state index in [9.17, 15) is 9.59 Å². The van der Waals surface area contributed by atoms with Gasteiger partial charge in [0.2, 0.25) is 5.78 Å². The molecule has 0 amide bonds. The SMILES string of the molecule is O=C(ON=C(CCSc1ccc(Cl)cc1)C(=O)c1ccc2sc3ccccc3c2c1)c1ccccc1. The number of hydrogen-bond donors (Lipinski definition) is 0. The van der Waals surface area contributed by atoms with Crippen LogP contribution in [0.5, 0.6) is 0 Å². The largest absolute Gasteiger partial charge is 0.365 e. The molecule has 5 rings (SSSR count). The first kappa shape index (κ1) is 24.3. The van der Waals surface area contributed by atoms with Crippen LogP contribution in [0, 0.1) is 0 Å². The molecule has 0 aliphatic carbocycles. The molecular formula is C29H20ClNO3S2. The average Bonchev–Trinajstić information content (AvgIpc) is 3.29. The summed E-state index contributed by atoms with van der Waals surface area (Å²) in [5.41, 5.74) is 1.08. The molecule has 0 radical (unpaired) electrons. The third kappa shape index (κ3) is 5.51. The zero-order chi connectivity index (χ0) is 24.9. The number of benzene rings is 4. The van der Waals surface area contributed by atoms with E-state index in [0.717, 1.165) is 20.4 Å². The summed E-state index contributed by atoms with van der Waals surface area (Å²) in [6.45, 7) is 0. The summed E-state index contributed by atoms with van der Waals surface area (Å²) in [7, 11) is 0. The molecule has 0 aliphatic rings. The van der Waals surface area contributed by atoms with Gasteiger partial charge in [0, 0.05) is 47.8 Å². The highest BCUT2D eigenvalue weighted by molar-refractivity contribution is 7.99. The van der Waals surface area contributed by atoms with E-state index in [1.807, 2.05) is 54.6 Å². The van der Waals surface area contributed by atoms with Crippen molar-refractivity contribution in [3.8, 4) is 0 Å². The Balaban J connectivity index is 1.41. The number of rotatable bonds is 8. The van der Waals surface area contributed by atoms with E-state index < -0.39 is 5.97 Å². The molecule has 0 aliphatic heterocycles. The van der Waals surface area contributed by atoms with Crippen molar-refractivity contribution in [2.45, 2.75) is 11.3 Å². The Bertz CT molecular complexity index is 1580. The number of hydrogen-bond acceptors (Lipinski definition) is 6. The maximum Gasteiger partial charge on any atom is 0.365 e. The van der Waals surface area contributed by atoms with Crippen LogP contribution in [-0.4, -0.2) is 23.2 Å². The van der Waals surface area contributed by atoms with E-state index >= 15 is 0 Å². The van der Waals surface area contributed by atoms with Crippen LogP contribution in [0.1, 0.15) is 27.1 Å². The number of thioether (sulfide) groups is 1. The summed E-state index contributed by atoms with van der Waals surface area (Å²) >= 11 is 9.24. The van der Waals surface area contributed by atoms with Gasteiger partial charge in [0.25, 0.3) is 0 Å². The number of thiophene rings is 1. The second kappa shape index (κ2) is 11.1. The molecule has 7 heteroatoms. The summed E-state index contributed by atoms with van der Waals surface area (Å²) in [4.78, 5) is 32.2. The van der Waals surface area contributed by atoms with Gasteiger partial charge in [-0.1, -0.05) is 53.2 Å². The van der Waals surface area contributed by atoms with Crippen LogP contribution in [-0.2, 0) is 4.84 Å². The first-order chi connectivity index (χ1) is 17.6. The van der Waals surface area contributed by atoms with Gasteiger partial charge >= 0.3 is 5.97 Å². The summed E-state index contributed by atoms with van der Waals surface area (Å²) in [5.74, 6) is -0.283. The zero-order valence-corrected chi connectivity index (χ0v) is 21.4. The second-order valence-electron chi connectivity index (χ2n) is 7.97. The van der Waals surface area contributed by atoms with Crippen LogP contribution in [0.4, 0.5) is 0 Å². The lowest BCUT2D eigenvalue weighted by atomic mass is 10.0. The number of halogens is 1. The predicted octanol–water partition coefficient (Wildman–Crippen LogP) is 8.29. The highest BCUT2D eigenvalue weighted by atomic mass is 35.5. The van der Waals surface area contributed by atoms with Crippen LogP contribution in [0.3, 0.4) is 0 Å². The van der Waals surface area contributed by atoms with Gasteiger partial charge in [-0.15, -0.1) is 23.1 Å². The summed E-state index contributed by atoms with van der Waals surface area (Å²) in [6.07, 6.45) is 0.330. The van der Waals surface area contributed by atoms with Gasteiger partial charge in [-0.3, -0.25) is 4.79 Å². The quantitative estimate of drug-likeness (QED) is 0.0667. The number of ketones is 1. The molecule has 0 saturated heterocycles. The summed E-state index contributed by atoms with van der Waals surface area (Å²) in [5, 5.41) is 6.84. The smallest absolute Gasteiger partial charge is 0.312 e. The third-order valence-electron chi connectivity index (χ3n) is 5.57. The van der Waals surface area contributed by atoms with Crippen LogP contribution >= 0.6 is 34.7 Å². The molecule has 0 unspecified atom stereocenters. The van der Waals surface area contributed by atoms with Crippen molar-refractivity contribution in [3.05, 3.63) is 113 Å². The number of carbonyl (C=O) groups is 2. The van der Waals surface area contributed by atoms with Crippen LogP contribution in [0.2, 0.25) is 5.02 Å². The lowest BCUT2D eigenvalue weighted by Gasteiger charge is -2.07. The second-order valence-corrected chi connectivity index (χ2v) is 10.7. The predicted molar refractivity (Wildman–Crippen MR) is 150 cm³/mol. The Morgan fingerprint density at radius 3 is 2.33 bits per heavy atom. The van der Waals surface area contributed by atoms with E-state index in [1.54, 1.807) is 53.4 Å². The maximum atomic E-state index is 13.5. The number of Topliss-reactive ketones (excluding diaryl/α,β-unsaturated/α-hetero) is 1. The average molecular weight is 530 g/mol. The third-order valence-corrected chi connectivity index (χ3v) is 7.99. The fourth-order valence-corrected chi connectivity index (χ4v) is 5.83. The number of carbonyl (C=O) groups excluding carboxylic acids is 2. The molecule has 36 heavy (non-hydrogen) atoms. The summed E-state index contributed by atoms with van der Waals surface area (Å²) in [6, 6.07) is 29.9. The minimum atomic E-state index is -0.606. The number of nitrogens with zero attached hydrogens (tertiary/aromatic N) is 1. The molecule has 0 spiro atoms. The Kier molecular flexibility index (Phi) is 7.47. The minimum absolute atomic E-state index is 0.194. The molecule has 1 heterocycles. The van der Waals surface area contributed by atoms with E-state index in [-0.39, 0.29) is 11.5 Å². The van der Waals surface area contributed by atoms with E-state index in [4.69, 9.17) is 16.4 Å². The van der Waals surface area contributed by atoms with E-state index in [1.165, 1.54) is 4.70 Å². The zero-order valence-electron chi connectivity index (χ0n) is 19.0. The molecular weight excluding hydrogens is 510 g/mol. The van der Waals surface area contributed by atoms with Crippen molar-refractivity contribution in [2.24, 2.45) is 5.16 Å². The van der Waals surface area contributed by atoms with Crippen molar-refractivity contribution in [1.29, 1.82) is 0 Å². The van der Waals surface area contributed by atoms with Crippen molar-refractivity contribution >= 4 is 72.3 Å². The van der Waals surface area contributed by atoms with Gasteiger partial charge in [-0.2, -0.15) is 0 Å². The fourth-order valence-electron chi connectivity index (χ4n) is 3.75. The molecule has 0 fully saturated rings. The Morgan fingerprint density at radius 1 is 0.806 bits per heavy atom. The normalized spacial score (nSPS) is 11.6. The molecule has 4 nitrogen and oxygen atoms in total. The first-order valence-electron chi connectivity index (χ1n) is 11.3. The molecule has 0 saturated carbocycles. The van der Waals surface area contributed by atoms with Gasteiger partial charge in [-0.05, 0) is 60.7 Å². The van der Waals surface area contributed by atoms with Crippen molar-refractivity contribution in [2.75, 3.05) is 5.75 Å². The monoisotopic (exact) mass is 529 g/mol. The van der Waals surface area contributed by atoms with E-state index in [2.05, 4.69) is 17.3 Å². The number of fused-ring (bicyclic) bond motifs is 3. The molecule has 4 aromatic carbocycles. The lowest BCUT2D eigenvalue weighted by molar-refractivity contribution is 0.0515. The Morgan fingerprint density at radius 2 is 1.53 bits per heavy atom. The van der Waals surface area contributed by atoms with Crippen molar-refractivity contribution in [1.82, 2.24) is 0 Å². The molecule has 0 N–H and O–H groups in total. The van der Waals surface area contributed by atoms with Gasteiger partial charge in [0.05, 0.1) is 5.56 Å². The van der Waals surface area contributed by atoms with Crippen molar-refractivity contribution < 1.29 is 14.4 Å². The molecule has 1 aromatic heterocycles. The maximum absolute atomic E-state index is 13.5. The Labute approximate surface area is 221 Å². The Hall–Kier alpha value is -3.45. The van der Waals surface area contributed by atoms with Crippen LogP contribution in [0.15, 0.2) is 107 Å². The standard InChI is InChI=1S/C29H20ClNO3S2/c30-21-11-13-22(14-12-21)35-17-16-25(31-34-29(33)19-6-2-1-3-7-19)28(32)20-10-15-27-24(18-20)23-8-4-5-9-26(23)36-27/h1-15,18H,16-17H2. The van der Waals surface area contributed by atoms with Gasteiger partial charge in [0.15, 0.2) is 0 Å². The molecule has 0 bridgehead atoms. The van der Waals surface area contributed by atoms with Crippen molar-refractivity contribution in [3.63, 3.8) is 0 Å². The number of oxime groups is 1. The summed E-state index contributed by atoms with van der Waals surface area (Å²) < 4.78 is 2.28. The molecule has 178 valence electrons. The highest BCUT2D eigenvalue weighted by Crippen LogP contribution is 2.34. The van der Waals surface area contributed by atoms with E-state index in [0.29, 0.717) is 28.3 Å². The minimum Gasteiger partial charge on any atom is -0.312 e. The van der Waals surface area contributed by atoms with Crippen LogP contribution in [0.25, 0.3) is 20.2 Å². The fraction of sp³-hybridized carbons (Fsp3) is 0.0690. The highest BCUT2D eigenvalue weighted by Gasteiger charge is 2.18. The van der Waals surface area contributed by atoms with Gasteiger partial charge < -0.3 is 4.84 Å². The topological polar surface area (TPSA) is 55.7 Å². The first-order valence-corrected chi connectivity index (χ1v) is 13.4. The van der Waals surface area contributed by atoms with Gasteiger partial charge in [0.1, 0.15) is 5.71 Å². The lowest BCUT2D eigenvalue weighted by Crippen LogP contribution is -2.17. The van der Waals surface area contributed by atoms with Crippen LogP contribution < -0.4 is 0 Å².